The molecule has 9 nitrogen and oxygen atoms in total. The van der Waals surface area contributed by atoms with Gasteiger partial charge in [-0.2, -0.15) is 0 Å². The number of pyridine rings is 2. The maximum atomic E-state index is 9.97. The lowest BCUT2D eigenvalue weighted by atomic mass is 10.4. The molecule has 9 heteroatoms. The van der Waals surface area contributed by atoms with Crippen LogP contribution in [0.4, 0.5) is 11.4 Å². The van der Waals surface area contributed by atoms with Gasteiger partial charge >= 0.3 is 0 Å². The second kappa shape index (κ2) is 9.76. The molecule has 2 aromatic rings. The quantitative estimate of drug-likeness (QED) is 0.604. The molecule has 0 aromatic carbocycles. The van der Waals surface area contributed by atoms with E-state index in [0.717, 1.165) is 0 Å². The largest absolute Gasteiger partial charge is 0.307 e. The Kier molecular flexibility index (Phi) is 8.19. The van der Waals surface area contributed by atoms with Crippen LogP contribution in [-0.4, -0.2) is 26.6 Å². The van der Waals surface area contributed by atoms with E-state index in [1.165, 1.54) is 49.1 Å². The first-order valence-corrected chi connectivity index (χ1v) is 4.99. The second-order valence-electron chi connectivity index (χ2n) is 2.94. The highest BCUT2D eigenvalue weighted by Crippen LogP contribution is 2.05. The smallest absolute Gasteiger partial charge is 0.287 e. The second-order valence-corrected chi connectivity index (χ2v) is 2.94. The topological polar surface area (TPSA) is 129 Å². The number of rotatable bonds is 2. The number of nitrogens with zero attached hydrogens (tertiary/aromatic N) is 4. The highest BCUT2D eigenvalue weighted by Gasteiger charge is 2.00. The fraction of sp³-hybridized carbons (Fsp3) is 0. The summed E-state index contributed by atoms with van der Waals surface area (Å²) in [6.07, 6.45) is 5.40. The third-order valence-corrected chi connectivity index (χ3v) is 1.71. The van der Waals surface area contributed by atoms with Crippen molar-refractivity contribution in [2.45, 2.75) is 0 Å². The van der Waals surface area contributed by atoms with Gasteiger partial charge in [0, 0.05) is 24.5 Å². The van der Waals surface area contributed by atoms with Crippen LogP contribution in [0, 0.1) is 20.2 Å². The van der Waals surface area contributed by atoms with Crippen molar-refractivity contribution in [3.63, 3.8) is 0 Å². The van der Waals surface area contributed by atoms with Crippen LogP contribution < -0.4 is 0 Å². The van der Waals surface area contributed by atoms with Gasteiger partial charge in [0.2, 0.25) is 0 Å². The monoisotopic (exact) mass is 278 g/mol. The standard InChI is InChI=1S/2C5H4N2O2.CH2O/c2*8-7(9)5-2-1-3-6-4-5;1-2/h2*1-4H;1H2. The van der Waals surface area contributed by atoms with Gasteiger partial charge in [0.25, 0.3) is 11.4 Å². The third kappa shape index (κ3) is 6.49. The Morgan fingerprint density at radius 3 is 1.35 bits per heavy atom. The van der Waals surface area contributed by atoms with Crippen LogP contribution >= 0.6 is 0 Å². The summed E-state index contributed by atoms with van der Waals surface area (Å²) in [5.74, 6) is 0. The van der Waals surface area contributed by atoms with E-state index in [-0.39, 0.29) is 11.4 Å². The van der Waals surface area contributed by atoms with Gasteiger partial charge in [-0.3, -0.25) is 30.2 Å². The van der Waals surface area contributed by atoms with Crippen molar-refractivity contribution in [2.24, 2.45) is 0 Å². The van der Waals surface area contributed by atoms with Gasteiger partial charge in [0.1, 0.15) is 19.2 Å². The molecule has 0 spiro atoms. The van der Waals surface area contributed by atoms with Gasteiger partial charge in [-0.05, 0) is 12.1 Å². The maximum Gasteiger partial charge on any atom is 0.287 e. The molecular formula is C11H10N4O5. The summed E-state index contributed by atoms with van der Waals surface area (Å²) in [4.78, 5) is 34.1. The van der Waals surface area contributed by atoms with Gasteiger partial charge in [-0.25, -0.2) is 0 Å². The molecule has 104 valence electrons. The fourth-order valence-corrected chi connectivity index (χ4v) is 0.923. The Hall–Kier alpha value is -3.23. The first-order valence-electron chi connectivity index (χ1n) is 4.99. The van der Waals surface area contributed by atoms with Crippen LogP contribution in [0.1, 0.15) is 0 Å². The Bertz CT molecular complexity index is 486. The molecular weight excluding hydrogens is 268 g/mol. The highest BCUT2D eigenvalue weighted by atomic mass is 16.6. The van der Waals surface area contributed by atoms with E-state index < -0.39 is 9.85 Å². The molecule has 0 fully saturated rings. The van der Waals surface area contributed by atoms with E-state index in [4.69, 9.17) is 4.79 Å². The third-order valence-electron chi connectivity index (χ3n) is 1.71. The lowest BCUT2D eigenvalue weighted by molar-refractivity contribution is -0.385. The zero-order chi connectivity index (χ0) is 15.4. The first-order chi connectivity index (χ1) is 9.61. The van der Waals surface area contributed by atoms with Gasteiger partial charge in [-0.15, -0.1) is 0 Å². The summed E-state index contributed by atoms with van der Waals surface area (Å²) >= 11 is 0. The van der Waals surface area contributed by atoms with Crippen molar-refractivity contribution >= 4 is 18.2 Å². The van der Waals surface area contributed by atoms with E-state index in [0.29, 0.717) is 0 Å². The van der Waals surface area contributed by atoms with Crippen LogP contribution in [0.3, 0.4) is 0 Å². The molecule has 0 saturated heterocycles. The molecule has 0 radical (unpaired) electrons. The Labute approximate surface area is 113 Å². The van der Waals surface area contributed by atoms with E-state index in [1.54, 1.807) is 0 Å². The number of hydrogen-bond acceptors (Lipinski definition) is 7. The van der Waals surface area contributed by atoms with E-state index >= 15 is 0 Å². The fourth-order valence-electron chi connectivity index (χ4n) is 0.923. The predicted molar refractivity (Wildman–Crippen MR) is 68.9 cm³/mol. The molecule has 0 atom stereocenters. The minimum atomic E-state index is -0.479. The van der Waals surface area contributed by atoms with Crippen molar-refractivity contribution in [3.8, 4) is 0 Å². The highest BCUT2D eigenvalue weighted by molar-refractivity contribution is 5.23. The Balaban J connectivity index is 0.000000321. The summed E-state index contributed by atoms with van der Waals surface area (Å²) in [5.41, 5.74) is 0.0509. The number of hydrogen-bond donors (Lipinski definition) is 0. The first kappa shape index (κ1) is 16.8. The minimum absolute atomic E-state index is 0.0255. The van der Waals surface area contributed by atoms with Crippen LogP contribution in [-0.2, 0) is 4.79 Å². The molecule has 0 aliphatic rings. The van der Waals surface area contributed by atoms with E-state index in [2.05, 4.69) is 9.97 Å². The van der Waals surface area contributed by atoms with Gasteiger partial charge in [0.05, 0.1) is 9.85 Å². The molecule has 0 aliphatic carbocycles. The minimum Gasteiger partial charge on any atom is -0.307 e. The number of nitro groups is 2. The summed E-state index contributed by atoms with van der Waals surface area (Å²) < 4.78 is 0. The molecule has 20 heavy (non-hydrogen) atoms. The average molecular weight is 278 g/mol. The SMILES string of the molecule is C=O.O=[N+]([O-])c1cccnc1.O=[N+]([O-])c1cccnc1. The van der Waals surface area contributed by atoms with E-state index in [1.807, 2.05) is 6.79 Å². The molecule has 2 heterocycles. The number of carbonyl (C=O) groups is 1. The van der Waals surface area contributed by atoms with Crippen LogP contribution in [0.5, 0.6) is 0 Å². The van der Waals surface area contributed by atoms with Gasteiger partial charge < -0.3 is 4.79 Å². The lowest BCUT2D eigenvalue weighted by Crippen LogP contribution is -1.86. The molecule has 0 amide bonds. The van der Waals surface area contributed by atoms with Crippen molar-refractivity contribution < 1.29 is 14.6 Å². The molecule has 0 saturated carbocycles. The van der Waals surface area contributed by atoms with Crippen molar-refractivity contribution in [3.05, 3.63) is 69.3 Å². The van der Waals surface area contributed by atoms with Gasteiger partial charge in [-0.1, -0.05) is 0 Å². The molecule has 2 rings (SSSR count). The maximum absolute atomic E-state index is 9.97. The zero-order valence-electron chi connectivity index (χ0n) is 10.2. The lowest BCUT2D eigenvalue weighted by Gasteiger charge is -1.84. The van der Waals surface area contributed by atoms with E-state index in [9.17, 15) is 20.2 Å². The molecule has 0 unspecified atom stereocenters. The van der Waals surface area contributed by atoms with Crippen LogP contribution in [0.2, 0.25) is 0 Å². The summed E-state index contributed by atoms with van der Waals surface area (Å²) in [7, 11) is 0. The van der Waals surface area contributed by atoms with Crippen LogP contribution in [0.25, 0.3) is 0 Å². The number of aromatic nitrogens is 2. The molecule has 0 aliphatic heterocycles. The zero-order valence-corrected chi connectivity index (χ0v) is 10.2. The number of carbonyl (C=O) groups excluding carboxylic acids is 1. The molecule has 0 N–H and O–H groups in total. The normalized spacial score (nSPS) is 8.20. The summed E-state index contributed by atoms with van der Waals surface area (Å²) in [6, 6.07) is 5.84. The summed E-state index contributed by atoms with van der Waals surface area (Å²) in [6.45, 7) is 2.00. The van der Waals surface area contributed by atoms with Crippen LogP contribution in [0.15, 0.2) is 49.1 Å². The van der Waals surface area contributed by atoms with Crippen molar-refractivity contribution in [1.82, 2.24) is 9.97 Å². The molecule has 2 aromatic heterocycles. The Morgan fingerprint density at radius 1 is 0.850 bits per heavy atom. The predicted octanol–water partition coefficient (Wildman–Crippen LogP) is 1.79. The van der Waals surface area contributed by atoms with Crippen molar-refractivity contribution in [2.75, 3.05) is 0 Å². The Morgan fingerprint density at radius 2 is 1.20 bits per heavy atom. The average Bonchev–Trinajstić information content (AvgIpc) is 2.51. The van der Waals surface area contributed by atoms with Gasteiger partial charge in [0.15, 0.2) is 0 Å². The molecule has 0 bridgehead atoms. The van der Waals surface area contributed by atoms with Crippen molar-refractivity contribution in [1.29, 1.82) is 0 Å². The summed E-state index contributed by atoms with van der Waals surface area (Å²) in [5, 5.41) is 19.9.